The predicted octanol–water partition coefficient (Wildman–Crippen LogP) is 10.6. The molecule has 0 fully saturated rings. The van der Waals surface area contributed by atoms with Gasteiger partial charge in [-0.2, -0.15) is 0 Å². The largest absolute Gasteiger partial charge is 0.488 e. The van der Waals surface area contributed by atoms with Gasteiger partial charge in [0.2, 0.25) is 11.8 Å². The van der Waals surface area contributed by atoms with Crippen molar-refractivity contribution in [1.82, 2.24) is 15.5 Å². The number of hydrogen-bond acceptors (Lipinski definition) is 9. The van der Waals surface area contributed by atoms with Crippen molar-refractivity contribution < 1.29 is 42.9 Å². The van der Waals surface area contributed by atoms with Crippen LogP contribution in [0.2, 0.25) is 0 Å². The first-order valence-corrected chi connectivity index (χ1v) is 24.1. The summed E-state index contributed by atoms with van der Waals surface area (Å²) < 4.78 is 29.1. The lowest BCUT2D eigenvalue weighted by Crippen LogP contribution is -2.52. The van der Waals surface area contributed by atoms with Crippen LogP contribution in [0.3, 0.4) is 0 Å². The van der Waals surface area contributed by atoms with Crippen molar-refractivity contribution in [2.45, 2.75) is 156 Å². The number of carbonyl (C=O) groups is 4. The first-order chi connectivity index (χ1) is 31.9. The molecule has 0 saturated carbocycles. The number of amides is 3. The smallest absolute Gasteiger partial charge is 0.407 e. The Morgan fingerprint density at radius 1 is 0.667 bits per heavy atom. The third kappa shape index (κ3) is 20.4. The standard InChI is InChI=1S/C54H75N3O9/c1-7-10-11-12-13-14-15-16-20-30-50(59)64-40-45(55-53(61)65-39-42-24-18-17-19-25-42)36-49(58)56-48(35-41-31-33-46(34-32-41)66-54(4,5)6)52(60)57(38-51(62-8-2)63-9-3)37-44-28-23-27-43-26-21-22-29-47(43)44/h17-19,21-29,31-34,45,48,51H,7-16,20,30,35-40H2,1-6H3,(H,55,61)(H,56,58)/t45-,48-/m0/s1. The fraction of sp³-hybridized carbons (Fsp3) is 0.519. The molecule has 360 valence electrons. The van der Waals surface area contributed by atoms with Gasteiger partial charge in [0.25, 0.3) is 0 Å². The summed E-state index contributed by atoms with van der Waals surface area (Å²) in [5, 5.41) is 7.77. The van der Waals surface area contributed by atoms with Crippen LogP contribution in [0.4, 0.5) is 4.79 Å². The highest BCUT2D eigenvalue weighted by Gasteiger charge is 2.31. The first kappa shape index (κ1) is 53.2. The lowest BCUT2D eigenvalue weighted by Gasteiger charge is -2.31. The molecule has 2 N–H and O–H groups in total. The maximum Gasteiger partial charge on any atom is 0.407 e. The second-order valence-corrected chi connectivity index (χ2v) is 17.7. The van der Waals surface area contributed by atoms with Gasteiger partial charge < -0.3 is 39.2 Å². The van der Waals surface area contributed by atoms with Gasteiger partial charge in [0.1, 0.15) is 30.6 Å². The molecule has 0 aliphatic carbocycles. The minimum Gasteiger partial charge on any atom is -0.488 e. The molecule has 3 amide bonds. The van der Waals surface area contributed by atoms with Crippen LogP contribution in [-0.2, 0) is 52.9 Å². The SMILES string of the molecule is CCCCCCCCCCCC(=O)OC[C@H](CC(=O)N[C@@H](Cc1ccc(OC(C)(C)C)cc1)C(=O)N(Cc1cccc2ccccc12)CC(OCC)OCC)NC(=O)OCc1ccccc1. The molecule has 0 saturated heterocycles. The van der Waals surface area contributed by atoms with E-state index in [1.807, 2.05) is 132 Å². The minimum atomic E-state index is -1.05. The van der Waals surface area contributed by atoms with E-state index in [0.717, 1.165) is 46.7 Å². The maximum atomic E-state index is 15.1. The summed E-state index contributed by atoms with van der Waals surface area (Å²) in [7, 11) is 0. The number of nitrogens with one attached hydrogen (secondary N) is 2. The molecule has 4 aromatic carbocycles. The average molecular weight is 910 g/mol. The van der Waals surface area contributed by atoms with Crippen LogP contribution in [-0.4, -0.2) is 79.1 Å². The van der Waals surface area contributed by atoms with Crippen molar-refractivity contribution in [2.24, 2.45) is 0 Å². The van der Waals surface area contributed by atoms with Crippen molar-refractivity contribution >= 4 is 34.6 Å². The van der Waals surface area contributed by atoms with Crippen LogP contribution in [0.1, 0.15) is 129 Å². The molecule has 66 heavy (non-hydrogen) atoms. The summed E-state index contributed by atoms with van der Waals surface area (Å²) in [4.78, 5) is 57.1. The number of carbonyl (C=O) groups excluding carboxylic acids is 4. The Kier molecular flexibility index (Phi) is 23.5. The molecule has 0 radical (unpaired) electrons. The molecule has 12 heteroatoms. The maximum absolute atomic E-state index is 15.1. The summed E-state index contributed by atoms with van der Waals surface area (Å²) in [6, 6.07) is 28.7. The van der Waals surface area contributed by atoms with Crippen molar-refractivity contribution in [3.05, 3.63) is 114 Å². The van der Waals surface area contributed by atoms with Crippen molar-refractivity contribution in [3.63, 3.8) is 0 Å². The number of benzene rings is 4. The highest BCUT2D eigenvalue weighted by Crippen LogP contribution is 2.23. The molecule has 0 heterocycles. The van der Waals surface area contributed by atoms with Gasteiger partial charge in [-0.15, -0.1) is 0 Å². The van der Waals surface area contributed by atoms with E-state index in [2.05, 4.69) is 17.6 Å². The third-order valence-corrected chi connectivity index (χ3v) is 10.9. The summed E-state index contributed by atoms with van der Waals surface area (Å²) in [6.07, 6.45) is 8.63. The van der Waals surface area contributed by atoms with Gasteiger partial charge in [0, 0.05) is 32.6 Å². The number of nitrogens with zero attached hydrogens (tertiary/aromatic N) is 1. The van der Waals surface area contributed by atoms with Crippen molar-refractivity contribution in [3.8, 4) is 5.75 Å². The Hall–Kier alpha value is -5.46. The molecule has 0 aliphatic heterocycles. The molecule has 0 aliphatic rings. The zero-order valence-corrected chi connectivity index (χ0v) is 40.3. The first-order valence-electron chi connectivity index (χ1n) is 24.1. The number of hydrogen-bond donors (Lipinski definition) is 2. The van der Waals surface area contributed by atoms with Gasteiger partial charge in [-0.1, -0.05) is 143 Å². The average Bonchev–Trinajstić information content (AvgIpc) is 3.29. The monoisotopic (exact) mass is 910 g/mol. The van der Waals surface area contributed by atoms with Gasteiger partial charge >= 0.3 is 12.1 Å². The molecule has 0 aromatic heterocycles. The molecule has 4 aromatic rings. The number of alkyl carbamates (subject to hydrolysis) is 1. The second kappa shape index (κ2) is 29.2. The van der Waals surface area contributed by atoms with E-state index in [-0.39, 0.29) is 51.5 Å². The zero-order valence-electron chi connectivity index (χ0n) is 40.3. The quantitative estimate of drug-likeness (QED) is 0.0297. The van der Waals surface area contributed by atoms with E-state index in [9.17, 15) is 14.4 Å². The Morgan fingerprint density at radius 3 is 1.97 bits per heavy atom. The van der Waals surface area contributed by atoms with E-state index in [4.69, 9.17) is 23.7 Å². The molecule has 12 nitrogen and oxygen atoms in total. The Bertz CT molecular complexity index is 2020. The number of fused-ring (bicyclic) bond motifs is 1. The number of ether oxygens (including phenoxy) is 5. The summed E-state index contributed by atoms with van der Waals surface area (Å²) in [5.41, 5.74) is 2.09. The number of rotatable bonds is 30. The Morgan fingerprint density at radius 2 is 1.30 bits per heavy atom. The summed E-state index contributed by atoms with van der Waals surface area (Å²) in [5.74, 6) is -0.611. The van der Waals surface area contributed by atoms with Crippen molar-refractivity contribution in [1.29, 1.82) is 0 Å². The number of unbranched alkanes of at least 4 members (excludes halogenated alkanes) is 8. The number of esters is 1. The molecule has 2 atom stereocenters. The highest BCUT2D eigenvalue weighted by molar-refractivity contribution is 5.90. The van der Waals surface area contributed by atoms with Crippen LogP contribution < -0.4 is 15.4 Å². The van der Waals surface area contributed by atoms with E-state index < -0.39 is 41.9 Å². The highest BCUT2D eigenvalue weighted by atomic mass is 16.7. The second-order valence-electron chi connectivity index (χ2n) is 17.7. The van der Waals surface area contributed by atoms with Crippen LogP contribution in [0.5, 0.6) is 5.75 Å². The topological polar surface area (TPSA) is 142 Å². The molecule has 0 bridgehead atoms. The van der Waals surface area contributed by atoms with Crippen LogP contribution in [0.25, 0.3) is 10.8 Å². The fourth-order valence-electron chi connectivity index (χ4n) is 7.68. The summed E-state index contributed by atoms with van der Waals surface area (Å²) >= 11 is 0. The van der Waals surface area contributed by atoms with E-state index >= 15 is 4.79 Å². The van der Waals surface area contributed by atoms with E-state index in [1.165, 1.54) is 32.1 Å². The predicted molar refractivity (Wildman–Crippen MR) is 260 cm³/mol. The molecule has 0 unspecified atom stereocenters. The molecule has 4 rings (SSSR count). The normalized spacial score (nSPS) is 12.3. The van der Waals surface area contributed by atoms with Gasteiger partial charge in [-0.25, -0.2) is 4.79 Å². The van der Waals surface area contributed by atoms with Gasteiger partial charge in [0.05, 0.1) is 19.0 Å². The van der Waals surface area contributed by atoms with Crippen molar-refractivity contribution in [2.75, 3.05) is 26.4 Å². The zero-order chi connectivity index (χ0) is 47.6. The Balaban J connectivity index is 1.56. The molecule has 0 spiro atoms. The van der Waals surface area contributed by atoms with Gasteiger partial charge in [-0.05, 0) is 80.6 Å². The molecular formula is C54H75N3O9. The molecular weight excluding hydrogens is 835 g/mol. The van der Waals surface area contributed by atoms with Gasteiger partial charge in [0.15, 0.2) is 6.29 Å². The lowest BCUT2D eigenvalue weighted by molar-refractivity contribution is -0.161. The van der Waals surface area contributed by atoms with E-state index in [1.54, 1.807) is 4.90 Å². The Labute approximate surface area is 393 Å². The third-order valence-electron chi connectivity index (χ3n) is 10.9. The summed E-state index contributed by atoms with van der Waals surface area (Å²) in [6.45, 7) is 12.7. The van der Waals surface area contributed by atoms with E-state index in [0.29, 0.717) is 25.4 Å². The van der Waals surface area contributed by atoms with Crippen LogP contribution in [0, 0.1) is 0 Å². The lowest BCUT2D eigenvalue weighted by atomic mass is 10.0. The van der Waals surface area contributed by atoms with Crippen LogP contribution >= 0.6 is 0 Å². The van der Waals surface area contributed by atoms with Gasteiger partial charge in [-0.3, -0.25) is 14.4 Å². The van der Waals surface area contributed by atoms with Crippen LogP contribution in [0.15, 0.2) is 97.1 Å². The fourth-order valence-corrected chi connectivity index (χ4v) is 7.68. The minimum absolute atomic E-state index is 0.0111.